The van der Waals surface area contributed by atoms with Gasteiger partial charge in [0.25, 0.3) is 0 Å². The maximum Gasteiger partial charge on any atom is 0.217 e. The topological polar surface area (TPSA) is 56.8 Å². The summed E-state index contributed by atoms with van der Waals surface area (Å²) in [7, 11) is 4.91. The highest BCUT2D eigenvalue weighted by Crippen LogP contribution is 2.49. The zero-order chi connectivity index (χ0) is 23.4. The third-order valence-corrected chi connectivity index (χ3v) is 6.32. The molecule has 5 heteroatoms. The lowest BCUT2D eigenvalue weighted by atomic mass is 9.91. The number of methoxy groups -OCH3 is 3. The summed E-state index contributed by atoms with van der Waals surface area (Å²) in [6.45, 7) is 1.57. The van der Waals surface area contributed by atoms with Crippen molar-refractivity contribution in [1.82, 2.24) is 5.32 Å². The van der Waals surface area contributed by atoms with Crippen molar-refractivity contribution >= 4 is 5.91 Å². The second kappa shape index (κ2) is 9.99. The second-order valence-corrected chi connectivity index (χ2v) is 8.37. The number of benzene rings is 3. The molecule has 0 saturated heterocycles. The number of rotatable bonds is 7. The number of hydrogen-bond donors (Lipinski definition) is 1. The Labute approximate surface area is 195 Å². The first-order chi connectivity index (χ1) is 16.0. The summed E-state index contributed by atoms with van der Waals surface area (Å²) in [5.74, 6) is 1.88. The molecule has 1 atom stereocenters. The van der Waals surface area contributed by atoms with Gasteiger partial charge in [-0.1, -0.05) is 48.5 Å². The average molecular weight is 446 g/mol. The van der Waals surface area contributed by atoms with Crippen molar-refractivity contribution < 1.29 is 19.0 Å². The molecule has 172 valence electrons. The second-order valence-electron chi connectivity index (χ2n) is 8.37. The molecule has 3 aromatic rings. The van der Waals surface area contributed by atoms with Gasteiger partial charge in [-0.05, 0) is 59.6 Å². The summed E-state index contributed by atoms with van der Waals surface area (Å²) in [6.07, 6.45) is 3.43. The van der Waals surface area contributed by atoms with Crippen LogP contribution in [0.15, 0.2) is 54.6 Å². The van der Waals surface area contributed by atoms with E-state index in [2.05, 4.69) is 47.8 Å². The number of aryl methyl sites for hydroxylation is 2. The van der Waals surface area contributed by atoms with Crippen molar-refractivity contribution in [2.45, 2.75) is 38.6 Å². The lowest BCUT2D eigenvalue weighted by Crippen LogP contribution is -2.26. The van der Waals surface area contributed by atoms with E-state index in [9.17, 15) is 4.79 Å². The normalized spacial score (nSPS) is 14.5. The summed E-state index contributed by atoms with van der Waals surface area (Å²) < 4.78 is 17.0. The minimum absolute atomic E-state index is 0.0336. The van der Waals surface area contributed by atoms with Gasteiger partial charge in [-0.2, -0.15) is 0 Å². The van der Waals surface area contributed by atoms with E-state index in [1.165, 1.54) is 11.1 Å². The smallest absolute Gasteiger partial charge is 0.217 e. The molecule has 4 rings (SSSR count). The molecule has 0 fully saturated rings. The Morgan fingerprint density at radius 2 is 1.61 bits per heavy atom. The number of hydrogen-bond acceptors (Lipinski definition) is 4. The van der Waals surface area contributed by atoms with E-state index in [1.54, 1.807) is 28.3 Å². The molecule has 1 amide bonds. The van der Waals surface area contributed by atoms with E-state index in [0.717, 1.165) is 47.9 Å². The highest BCUT2D eigenvalue weighted by Gasteiger charge is 2.28. The maximum absolute atomic E-state index is 12.1. The predicted octanol–water partition coefficient (Wildman–Crippen LogP) is 5.29. The molecule has 5 nitrogen and oxygen atoms in total. The fraction of sp³-hybridized carbons (Fsp3) is 0.321. The Kier molecular flexibility index (Phi) is 6.87. The van der Waals surface area contributed by atoms with Crippen LogP contribution in [0.1, 0.15) is 41.6 Å². The van der Waals surface area contributed by atoms with Crippen molar-refractivity contribution in [3.63, 3.8) is 0 Å². The SMILES string of the molecule is COc1cc2c(c(OC)c1OC)CC[C@H](NC(C)=O)c1cc(CCc3ccccc3)ccc1-2. The van der Waals surface area contributed by atoms with Gasteiger partial charge in [0.1, 0.15) is 0 Å². The lowest BCUT2D eigenvalue weighted by Gasteiger charge is -2.20. The van der Waals surface area contributed by atoms with Crippen molar-refractivity contribution in [2.24, 2.45) is 0 Å². The van der Waals surface area contributed by atoms with Gasteiger partial charge in [-0.3, -0.25) is 4.79 Å². The van der Waals surface area contributed by atoms with Crippen molar-refractivity contribution in [2.75, 3.05) is 21.3 Å². The van der Waals surface area contributed by atoms with E-state index >= 15 is 0 Å². The molecule has 0 saturated carbocycles. The van der Waals surface area contributed by atoms with Crippen LogP contribution in [0.5, 0.6) is 17.2 Å². The minimum Gasteiger partial charge on any atom is -0.493 e. The summed E-state index contributed by atoms with van der Waals surface area (Å²) >= 11 is 0. The van der Waals surface area contributed by atoms with E-state index < -0.39 is 0 Å². The van der Waals surface area contributed by atoms with Crippen LogP contribution in [-0.2, 0) is 24.1 Å². The van der Waals surface area contributed by atoms with Gasteiger partial charge < -0.3 is 19.5 Å². The van der Waals surface area contributed by atoms with E-state index in [0.29, 0.717) is 17.2 Å². The summed E-state index contributed by atoms with van der Waals surface area (Å²) in [4.78, 5) is 12.1. The summed E-state index contributed by atoms with van der Waals surface area (Å²) in [5, 5.41) is 3.17. The zero-order valence-electron chi connectivity index (χ0n) is 19.7. The summed E-state index contributed by atoms with van der Waals surface area (Å²) in [5.41, 5.74) is 6.91. The van der Waals surface area contributed by atoms with Crippen LogP contribution >= 0.6 is 0 Å². The molecule has 0 aliphatic heterocycles. The number of carbonyl (C=O) groups is 1. The van der Waals surface area contributed by atoms with Crippen LogP contribution in [0.3, 0.4) is 0 Å². The van der Waals surface area contributed by atoms with Gasteiger partial charge >= 0.3 is 0 Å². The molecule has 0 spiro atoms. The highest BCUT2D eigenvalue weighted by molar-refractivity contribution is 5.80. The van der Waals surface area contributed by atoms with Gasteiger partial charge in [0, 0.05) is 12.5 Å². The molecular formula is C28H31NO4. The quantitative estimate of drug-likeness (QED) is 0.537. The standard InChI is InChI=1S/C28H31NO4/c1-18(30)29-25-15-14-22-23(17-26(31-2)28(33-4)27(22)32-3)21-13-12-20(16-24(21)25)11-10-19-8-6-5-7-9-19/h5-9,12-13,16-17,25H,10-11,14-15H2,1-4H3,(H,29,30)/t25-/m0/s1. The van der Waals surface area contributed by atoms with E-state index in [4.69, 9.17) is 14.2 Å². The number of amides is 1. The van der Waals surface area contributed by atoms with Crippen molar-refractivity contribution in [1.29, 1.82) is 0 Å². The fourth-order valence-electron chi connectivity index (χ4n) is 4.78. The van der Waals surface area contributed by atoms with Crippen molar-refractivity contribution in [3.05, 3.63) is 76.9 Å². The number of fused-ring (bicyclic) bond motifs is 3. The Bertz CT molecular complexity index is 1140. The summed E-state index contributed by atoms with van der Waals surface area (Å²) in [6, 6.07) is 19.0. The number of nitrogens with one attached hydrogen (secondary N) is 1. The lowest BCUT2D eigenvalue weighted by molar-refractivity contribution is -0.119. The molecule has 0 radical (unpaired) electrons. The molecular weight excluding hydrogens is 414 g/mol. The van der Waals surface area contributed by atoms with Gasteiger partial charge in [-0.25, -0.2) is 0 Å². The molecule has 1 aliphatic rings. The van der Waals surface area contributed by atoms with Crippen LogP contribution < -0.4 is 19.5 Å². The molecule has 1 N–H and O–H groups in total. The Balaban J connectivity index is 1.81. The zero-order valence-corrected chi connectivity index (χ0v) is 19.7. The average Bonchev–Trinajstić information content (AvgIpc) is 2.98. The molecule has 3 aromatic carbocycles. The van der Waals surface area contributed by atoms with Crippen LogP contribution in [0.25, 0.3) is 11.1 Å². The third-order valence-electron chi connectivity index (χ3n) is 6.32. The minimum atomic E-state index is -0.0803. The van der Waals surface area contributed by atoms with Crippen LogP contribution in [0.4, 0.5) is 0 Å². The maximum atomic E-state index is 12.1. The Morgan fingerprint density at radius 3 is 2.27 bits per heavy atom. The Morgan fingerprint density at radius 1 is 0.879 bits per heavy atom. The van der Waals surface area contributed by atoms with Gasteiger partial charge in [0.15, 0.2) is 11.5 Å². The predicted molar refractivity (Wildman–Crippen MR) is 130 cm³/mol. The number of carbonyl (C=O) groups excluding carboxylic acids is 1. The van der Waals surface area contributed by atoms with Crippen LogP contribution in [-0.4, -0.2) is 27.2 Å². The largest absolute Gasteiger partial charge is 0.493 e. The van der Waals surface area contributed by atoms with Gasteiger partial charge in [0.05, 0.1) is 27.4 Å². The first kappa shape index (κ1) is 22.7. The van der Waals surface area contributed by atoms with Crippen LogP contribution in [0, 0.1) is 0 Å². The van der Waals surface area contributed by atoms with Crippen molar-refractivity contribution in [3.8, 4) is 28.4 Å². The molecule has 1 aliphatic carbocycles. The molecule has 0 aromatic heterocycles. The number of ether oxygens (including phenoxy) is 3. The van der Waals surface area contributed by atoms with Gasteiger partial charge in [0.2, 0.25) is 11.7 Å². The first-order valence-corrected chi connectivity index (χ1v) is 11.3. The van der Waals surface area contributed by atoms with Crippen LogP contribution in [0.2, 0.25) is 0 Å². The van der Waals surface area contributed by atoms with Gasteiger partial charge in [-0.15, -0.1) is 0 Å². The third kappa shape index (κ3) is 4.68. The van der Waals surface area contributed by atoms with E-state index in [1.807, 2.05) is 12.1 Å². The molecule has 0 unspecified atom stereocenters. The van der Waals surface area contributed by atoms with E-state index in [-0.39, 0.29) is 11.9 Å². The molecule has 33 heavy (non-hydrogen) atoms. The Hall–Kier alpha value is -3.47. The highest BCUT2D eigenvalue weighted by atomic mass is 16.5. The molecule has 0 bridgehead atoms. The first-order valence-electron chi connectivity index (χ1n) is 11.3. The monoisotopic (exact) mass is 445 g/mol. The molecule has 0 heterocycles. The fourth-order valence-corrected chi connectivity index (χ4v) is 4.78.